The second-order valence-electron chi connectivity index (χ2n) is 3.59. The first-order valence-electron chi connectivity index (χ1n) is 5.22. The lowest BCUT2D eigenvalue weighted by atomic mass is 10.4. The van der Waals surface area contributed by atoms with E-state index in [9.17, 15) is 13.2 Å². The molecule has 8 heteroatoms. The van der Waals surface area contributed by atoms with Gasteiger partial charge in [0.05, 0.1) is 5.75 Å². The molecule has 17 heavy (non-hydrogen) atoms. The van der Waals surface area contributed by atoms with Crippen LogP contribution in [0, 0.1) is 0 Å². The minimum atomic E-state index is -3.44. The topological polar surface area (TPSA) is 107 Å². The monoisotopic (exact) mass is 260 g/mol. The Balaban J connectivity index is 2.09. The number of aryl methyl sites for hydroxylation is 1. The molecule has 0 atom stereocenters. The third-order valence-electron chi connectivity index (χ3n) is 2.05. The molecule has 0 unspecified atom stereocenters. The van der Waals surface area contributed by atoms with Gasteiger partial charge in [-0.2, -0.15) is 5.10 Å². The molecular formula is C9H16N4O3S. The van der Waals surface area contributed by atoms with Gasteiger partial charge < -0.3 is 5.32 Å². The minimum absolute atomic E-state index is 0.119. The Bertz CT molecular complexity index is 441. The molecule has 1 aromatic rings. The standard InChI is InChI=1S/C9H16N4O3S/c10-17(15,16)8-2-4-11-9(14)3-7-13-6-1-5-12-13/h1,5-6H,2-4,7-8H2,(H,11,14)(H2,10,15,16). The fraction of sp³-hybridized carbons (Fsp3) is 0.556. The highest BCUT2D eigenvalue weighted by Crippen LogP contribution is 1.90. The van der Waals surface area contributed by atoms with Crippen molar-refractivity contribution in [2.45, 2.75) is 19.4 Å². The van der Waals surface area contributed by atoms with Crippen LogP contribution in [0.3, 0.4) is 0 Å². The number of primary sulfonamides is 1. The Kier molecular flexibility index (Phi) is 5.11. The predicted octanol–water partition coefficient (Wildman–Crippen LogP) is -0.932. The number of nitrogens with two attached hydrogens (primary N) is 1. The lowest BCUT2D eigenvalue weighted by Gasteiger charge is -2.04. The van der Waals surface area contributed by atoms with Gasteiger partial charge in [-0.3, -0.25) is 9.48 Å². The van der Waals surface area contributed by atoms with Gasteiger partial charge in [0.2, 0.25) is 15.9 Å². The van der Waals surface area contributed by atoms with Crippen LogP contribution >= 0.6 is 0 Å². The summed E-state index contributed by atoms with van der Waals surface area (Å²) in [5, 5.41) is 11.4. The zero-order valence-corrected chi connectivity index (χ0v) is 10.2. The van der Waals surface area contributed by atoms with Crippen LogP contribution < -0.4 is 10.5 Å². The van der Waals surface area contributed by atoms with Crippen LogP contribution in [0.2, 0.25) is 0 Å². The van der Waals surface area contributed by atoms with Gasteiger partial charge in [0, 0.05) is 31.9 Å². The molecule has 1 rings (SSSR count). The number of aromatic nitrogens is 2. The molecule has 96 valence electrons. The number of hydrogen-bond acceptors (Lipinski definition) is 4. The molecule has 0 fully saturated rings. The third kappa shape index (κ3) is 6.69. The molecule has 0 radical (unpaired) electrons. The number of amides is 1. The van der Waals surface area contributed by atoms with Gasteiger partial charge in [-0.25, -0.2) is 13.6 Å². The molecule has 0 spiro atoms. The van der Waals surface area contributed by atoms with Gasteiger partial charge in [-0.15, -0.1) is 0 Å². The average Bonchev–Trinajstić information content (AvgIpc) is 2.73. The predicted molar refractivity (Wildman–Crippen MR) is 62.4 cm³/mol. The van der Waals surface area contributed by atoms with Gasteiger partial charge in [-0.05, 0) is 12.5 Å². The first-order chi connectivity index (χ1) is 7.97. The van der Waals surface area contributed by atoms with Crippen molar-refractivity contribution in [3.8, 4) is 0 Å². The number of carbonyl (C=O) groups excluding carboxylic acids is 1. The Morgan fingerprint density at radius 3 is 2.82 bits per heavy atom. The second kappa shape index (κ2) is 6.36. The molecule has 0 aliphatic heterocycles. The largest absolute Gasteiger partial charge is 0.356 e. The number of sulfonamides is 1. The van der Waals surface area contributed by atoms with E-state index < -0.39 is 10.0 Å². The van der Waals surface area contributed by atoms with Crippen LogP contribution in [0.25, 0.3) is 0 Å². The summed E-state index contributed by atoms with van der Waals surface area (Å²) in [5.41, 5.74) is 0. The summed E-state index contributed by atoms with van der Waals surface area (Å²) in [6.07, 6.45) is 4.06. The highest BCUT2D eigenvalue weighted by Gasteiger charge is 2.04. The number of carbonyl (C=O) groups is 1. The van der Waals surface area contributed by atoms with Crippen molar-refractivity contribution in [1.29, 1.82) is 0 Å². The Hall–Kier alpha value is -1.41. The van der Waals surface area contributed by atoms with E-state index in [1.807, 2.05) is 0 Å². The van der Waals surface area contributed by atoms with Crippen molar-refractivity contribution in [3.63, 3.8) is 0 Å². The minimum Gasteiger partial charge on any atom is -0.356 e. The zero-order valence-electron chi connectivity index (χ0n) is 9.37. The molecule has 1 heterocycles. The summed E-state index contributed by atoms with van der Waals surface area (Å²) in [5.74, 6) is -0.248. The van der Waals surface area contributed by atoms with Gasteiger partial charge in [0.25, 0.3) is 0 Å². The van der Waals surface area contributed by atoms with E-state index in [0.29, 0.717) is 25.9 Å². The van der Waals surface area contributed by atoms with Crippen molar-refractivity contribution in [2.24, 2.45) is 5.14 Å². The summed E-state index contributed by atoms with van der Waals surface area (Å²) >= 11 is 0. The molecule has 3 N–H and O–H groups in total. The second-order valence-corrected chi connectivity index (χ2v) is 5.32. The molecule has 0 saturated heterocycles. The van der Waals surface area contributed by atoms with E-state index in [1.54, 1.807) is 23.1 Å². The van der Waals surface area contributed by atoms with Crippen LogP contribution in [-0.4, -0.2) is 36.4 Å². The molecule has 1 amide bonds. The molecule has 0 bridgehead atoms. The normalized spacial score (nSPS) is 11.4. The summed E-state index contributed by atoms with van der Waals surface area (Å²) in [4.78, 5) is 11.3. The van der Waals surface area contributed by atoms with Gasteiger partial charge in [0.15, 0.2) is 0 Å². The maximum atomic E-state index is 11.3. The number of hydrogen-bond donors (Lipinski definition) is 2. The van der Waals surface area contributed by atoms with Crippen molar-refractivity contribution in [3.05, 3.63) is 18.5 Å². The lowest BCUT2D eigenvalue weighted by molar-refractivity contribution is -0.121. The van der Waals surface area contributed by atoms with Crippen LogP contribution in [0.5, 0.6) is 0 Å². The highest BCUT2D eigenvalue weighted by atomic mass is 32.2. The van der Waals surface area contributed by atoms with Gasteiger partial charge in [-0.1, -0.05) is 0 Å². The fourth-order valence-electron chi connectivity index (χ4n) is 1.24. The Labute approximate surface area is 100 Å². The molecule has 0 saturated carbocycles. The van der Waals surface area contributed by atoms with Crippen molar-refractivity contribution < 1.29 is 13.2 Å². The maximum Gasteiger partial charge on any atom is 0.221 e. The fourth-order valence-corrected chi connectivity index (χ4v) is 1.79. The van der Waals surface area contributed by atoms with E-state index in [1.165, 1.54) is 0 Å². The first kappa shape index (κ1) is 13.7. The van der Waals surface area contributed by atoms with E-state index >= 15 is 0 Å². The number of nitrogens with zero attached hydrogens (tertiary/aromatic N) is 2. The molecule has 0 aliphatic rings. The average molecular weight is 260 g/mol. The van der Waals surface area contributed by atoms with E-state index in [2.05, 4.69) is 10.4 Å². The van der Waals surface area contributed by atoms with Crippen molar-refractivity contribution >= 4 is 15.9 Å². The third-order valence-corrected chi connectivity index (χ3v) is 2.91. The quantitative estimate of drug-likeness (QED) is 0.617. The molecule has 7 nitrogen and oxygen atoms in total. The van der Waals surface area contributed by atoms with E-state index in [-0.39, 0.29) is 11.7 Å². The highest BCUT2D eigenvalue weighted by molar-refractivity contribution is 7.89. The molecule has 0 aromatic carbocycles. The molecule has 0 aliphatic carbocycles. The lowest BCUT2D eigenvalue weighted by Crippen LogP contribution is -2.28. The van der Waals surface area contributed by atoms with Crippen molar-refractivity contribution in [1.82, 2.24) is 15.1 Å². The van der Waals surface area contributed by atoms with E-state index in [4.69, 9.17) is 5.14 Å². The van der Waals surface area contributed by atoms with Crippen LogP contribution in [0.15, 0.2) is 18.5 Å². The molecule has 1 aromatic heterocycles. The number of rotatable bonds is 7. The van der Waals surface area contributed by atoms with Crippen LogP contribution in [0.4, 0.5) is 0 Å². The molecular weight excluding hydrogens is 244 g/mol. The summed E-state index contributed by atoms with van der Waals surface area (Å²) in [6.45, 7) is 0.822. The smallest absolute Gasteiger partial charge is 0.221 e. The van der Waals surface area contributed by atoms with E-state index in [0.717, 1.165) is 0 Å². The van der Waals surface area contributed by atoms with Crippen molar-refractivity contribution in [2.75, 3.05) is 12.3 Å². The SMILES string of the molecule is NS(=O)(=O)CCCNC(=O)CCn1cccn1. The first-order valence-corrected chi connectivity index (χ1v) is 6.93. The number of nitrogens with one attached hydrogen (secondary N) is 1. The summed E-state index contributed by atoms with van der Waals surface area (Å²) in [6, 6.07) is 1.78. The van der Waals surface area contributed by atoms with Crippen LogP contribution in [0.1, 0.15) is 12.8 Å². The summed E-state index contributed by atoms with van der Waals surface area (Å²) in [7, 11) is -3.44. The Morgan fingerprint density at radius 1 is 1.47 bits per heavy atom. The van der Waals surface area contributed by atoms with Gasteiger partial charge >= 0.3 is 0 Å². The summed E-state index contributed by atoms with van der Waals surface area (Å²) < 4.78 is 22.9. The maximum absolute atomic E-state index is 11.3. The van der Waals surface area contributed by atoms with Gasteiger partial charge in [0.1, 0.15) is 0 Å². The zero-order chi connectivity index (χ0) is 12.7. The van der Waals surface area contributed by atoms with Crippen LogP contribution in [-0.2, 0) is 21.4 Å². The Morgan fingerprint density at radius 2 is 2.24 bits per heavy atom.